The van der Waals surface area contributed by atoms with Crippen LogP contribution in [0.5, 0.6) is 0 Å². The summed E-state index contributed by atoms with van der Waals surface area (Å²) in [5.74, 6) is -0.602. The first-order valence-electron chi connectivity index (χ1n) is 6.81. The molecule has 1 heterocycles. The van der Waals surface area contributed by atoms with Crippen LogP contribution in [0.25, 0.3) is 0 Å². The van der Waals surface area contributed by atoms with Crippen molar-refractivity contribution in [3.05, 3.63) is 0 Å². The average molecular weight is 268 g/mol. The molecule has 0 aromatic carbocycles. The fraction of sp³-hybridized carbons (Fsp3) is 0.769. The zero-order valence-corrected chi connectivity index (χ0v) is 11.0. The molecule has 6 nitrogen and oxygen atoms in total. The van der Waals surface area contributed by atoms with Crippen molar-refractivity contribution in [1.29, 1.82) is 0 Å². The van der Waals surface area contributed by atoms with Gasteiger partial charge in [-0.25, -0.2) is 0 Å². The lowest BCUT2D eigenvalue weighted by atomic mass is 9.99. The van der Waals surface area contributed by atoms with Crippen molar-refractivity contribution in [2.75, 3.05) is 13.2 Å². The number of rotatable bonds is 5. The predicted octanol–water partition coefficient (Wildman–Crippen LogP) is -0.0532. The minimum absolute atomic E-state index is 0.0552. The number of aliphatic hydroxyl groups excluding tert-OH is 1. The Balaban J connectivity index is 1.81. The Morgan fingerprint density at radius 1 is 1.21 bits per heavy atom. The minimum atomic E-state index is -0.490. The van der Waals surface area contributed by atoms with Crippen molar-refractivity contribution in [1.82, 2.24) is 10.2 Å². The summed E-state index contributed by atoms with van der Waals surface area (Å²) in [5.41, 5.74) is -0.490. The van der Waals surface area contributed by atoms with Gasteiger partial charge in [0, 0.05) is 25.8 Å². The van der Waals surface area contributed by atoms with Gasteiger partial charge in [-0.05, 0) is 12.8 Å². The van der Waals surface area contributed by atoms with E-state index in [-0.39, 0.29) is 50.1 Å². The minimum Gasteiger partial charge on any atom is -0.394 e. The molecule has 2 rings (SSSR count). The van der Waals surface area contributed by atoms with E-state index in [0.717, 1.165) is 30.6 Å². The summed E-state index contributed by atoms with van der Waals surface area (Å²) in [6, 6.07) is 0. The van der Waals surface area contributed by atoms with Gasteiger partial charge < -0.3 is 10.4 Å². The first-order chi connectivity index (χ1) is 9.06. The normalized spacial score (nSPS) is 22.1. The van der Waals surface area contributed by atoms with Gasteiger partial charge in [0.25, 0.3) is 0 Å². The first kappa shape index (κ1) is 14.0. The Labute approximate surface area is 112 Å². The van der Waals surface area contributed by atoms with Crippen molar-refractivity contribution in [2.45, 2.75) is 50.5 Å². The first-order valence-corrected chi connectivity index (χ1v) is 6.81. The van der Waals surface area contributed by atoms with Crippen LogP contribution in [0.1, 0.15) is 44.9 Å². The summed E-state index contributed by atoms with van der Waals surface area (Å²) in [6.07, 6.45) is 4.20. The summed E-state index contributed by atoms with van der Waals surface area (Å²) in [4.78, 5) is 35.8. The third-order valence-electron chi connectivity index (χ3n) is 3.99. The number of aliphatic hydroxyl groups is 1. The second kappa shape index (κ2) is 5.69. The highest BCUT2D eigenvalue weighted by atomic mass is 16.3. The highest BCUT2D eigenvalue weighted by Gasteiger charge is 2.35. The topological polar surface area (TPSA) is 86.7 Å². The molecule has 106 valence electrons. The van der Waals surface area contributed by atoms with Crippen molar-refractivity contribution in [3.63, 3.8) is 0 Å². The van der Waals surface area contributed by atoms with Crippen LogP contribution in [0.4, 0.5) is 0 Å². The standard InChI is InChI=1S/C13H20N2O4/c16-9-13(6-1-2-7-13)14-10(17)5-8-15-11(18)3-4-12(15)19/h16H,1-9H2,(H,14,17). The van der Waals surface area contributed by atoms with E-state index in [4.69, 9.17) is 0 Å². The number of nitrogens with zero attached hydrogens (tertiary/aromatic N) is 1. The van der Waals surface area contributed by atoms with Crippen LogP contribution < -0.4 is 5.32 Å². The predicted molar refractivity (Wildman–Crippen MR) is 67.0 cm³/mol. The van der Waals surface area contributed by atoms with E-state index in [9.17, 15) is 19.5 Å². The number of carbonyl (C=O) groups excluding carboxylic acids is 3. The smallest absolute Gasteiger partial charge is 0.229 e. The van der Waals surface area contributed by atoms with Crippen molar-refractivity contribution in [2.24, 2.45) is 0 Å². The maximum Gasteiger partial charge on any atom is 0.229 e. The Morgan fingerprint density at radius 3 is 2.32 bits per heavy atom. The molecule has 0 aromatic rings. The summed E-state index contributed by atoms with van der Waals surface area (Å²) in [5, 5.41) is 12.3. The van der Waals surface area contributed by atoms with Gasteiger partial charge in [0.05, 0.1) is 12.1 Å². The van der Waals surface area contributed by atoms with E-state index in [1.54, 1.807) is 0 Å². The molecule has 2 fully saturated rings. The van der Waals surface area contributed by atoms with Gasteiger partial charge >= 0.3 is 0 Å². The molecular formula is C13H20N2O4. The fourth-order valence-corrected chi connectivity index (χ4v) is 2.82. The van der Waals surface area contributed by atoms with Crippen LogP contribution in [0, 0.1) is 0 Å². The zero-order valence-electron chi connectivity index (χ0n) is 11.0. The van der Waals surface area contributed by atoms with Gasteiger partial charge in [-0.2, -0.15) is 0 Å². The molecule has 0 radical (unpaired) electrons. The molecule has 3 amide bonds. The van der Waals surface area contributed by atoms with E-state index >= 15 is 0 Å². The second-order valence-electron chi connectivity index (χ2n) is 5.38. The van der Waals surface area contributed by atoms with E-state index < -0.39 is 5.54 Å². The Bertz CT molecular complexity index is 372. The van der Waals surface area contributed by atoms with Gasteiger partial charge in [0.2, 0.25) is 17.7 Å². The maximum absolute atomic E-state index is 11.9. The molecule has 0 bridgehead atoms. The summed E-state index contributed by atoms with van der Waals surface area (Å²) in [7, 11) is 0. The number of hydrogen-bond donors (Lipinski definition) is 2. The average Bonchev–Trinajstić information content (AvgIpc) is 2.96. The largest absolute Gasteiger partial charge is 0.394 e. The van der Waals surface area contributed by atoms with Crippen LogP contribution in [0.2, 0.25) is 0 Å². The molecular weight excluding hydrogens is 248 g/mol. The van der Waals surface area contributed by atoms with E-state index in [0.29, 0.717) is 0 Å². The highest BCUT2D eigenvalue weighted by molar-refractivity contribution is 6.02. The van der Waals surface area contributed by atoms with Crippen LogP contribution in [-0.2, 0) is 14.4 Å². The lowest BCUT2D eigenvalue weighted by Gasteiger charge is -2.28. The molecule has 1 saturated heterocycles. The third-order valence-corrected chi connectivity index (χ3v) is 3.99. The Hall–Kier alpha value is -1.43. The number of carbonyl (C=O) groups is 3. The third kappa shape index (κ3) is 3.12. The number of hydrogen-bond acceptors (Lipinski definition) is 4. The molecule has 1 aliphatic carbocycles. The second-order valence-corrected chi connectivity index (χ2v) is 5.38. The van der Waals surface area contributed by atoms with Gasteiger partial charge in [0.1, 0.15) is 0 Å². The van der Waals surface area contributed by atoms with E-state index in [2.05, 4.69) is 5.32 Å². The van der Waals surface area contributed by atoms with E-state index in [1.165, 1.54) is 0 Å². The molecule has 2 aliphatic rings. The number of nitrogens with one attached hydrogen (secondary N) is 1. The quantitative estimate of drug-likeness (QED) is 0.684. The van der Waals surface area contributed by atoms with Crippen LogP contribution in [-0.4, -0.2) is 46.4 Å². The van der Waals surface area contributed by atoms with Crippen LogP contribution in [0.3, 0.4) is 0 Å². The summed E-state index contributed by atoms with van der Waals surface area (Å²) >= 11 is 0. The number of imide groups is 1. The van der Waals surface area contributed by atoms with Crippen LogP contribution >= 0.6 is 0 Å². The molecule has 0 atom stereocenters. The van der Waals surface area contributed by atoms with Gasteiger partial charge in [-0.15, -0.1) is 0 Å². The molecule has 0 aromatic heterocycles. The molecule has 19 heavy (non-hydrogen) atoms. The van der Waals surface area contributed by atoms with Crippen molar-refractivity contribution >= 4 is 17.7 Å². The lowest BCUT2D eigenvalue weighted by Crippen LogP contribution is -2.50. The fourth-order valence-electron chi connectivity index (χ4n) is 2.82. The summed E-state index contributed by atoms with van der Waals surface area (Å²) in [6.45, 7) is 0.0886. The Kier molecular flexibility index (Phi) is 4.19. The lowest BCUT2D eigenvalue weighted by molar-refractivity contribution is -0.138. The molecule has 1 saturated carbocycles. The van der Waals surface area contributed by atoms with Gasteiger partial charge in [-0.1, -0.05) is 12.8 Å². The number of amides is 3. The van der Waals surface area contributed by atoms with Crippen molar-refractivity contribution in [3.8, 4) is 0 Å². The molecule has 0 spiro atoms. The highest BCUT2D eigenvalue weighted by Crippen LogP contribution is 2.29. The molecule has 0 unspecified atom stereocenters. The van der Waals surface area contributed by atoms with Gasteiger partial charge in [-0.3, -0.25) is 19.3 Å². The SMILES string of the molecule is O=C(CCN1C(=O)CCC1=O)NC1(CO)CCCC1. The zero-order chi connectivity index (χ0) is 13.9. The van der Waals surface area contributed by atoms with Crippen LogP contribution in [0.15, 0.2) is 0 Å². The van der Waals surface area contributed by atoms with Crippen molar-refractivity contribution < 1.29 is 19.5 Å². The van der Waals surface area contributed by atoms with Gasteiger partial charge in [0.15, 0.2) is 0 Å². The molecule has 6 heteroatoms. The monoisotopic (exact) mass is 268 g/mol. The van der Waals surface area contributed by atoms with E-state index in [1.807, 2.05) is 0 Å². The molecule has 2 N–H and O–H groups in total. The summed E-state index contributed by atoms with van der Waals surface area (Å²) < 4.78 is 0. The Morgan fingerprint density at radius 2 is 1.79 bits per heavy atom. The molecule has 1 aliphatic heterocycles. The number of likely N-dealkylation sites (tertiary alicyclic amines) is 1. The maximum atomic E-state index is 11.9.